The van der Waals surface area contributed by atoms with Crippen LogP contribution in [0.3, 0.4) is 0 Å². The first-order valence-corrected chi connectivity index (χ1v) is 6.64. The van der Waals surface area contributed by atoms with E-state index in [1.54, 1.807) is 7.11 Å². The molecule has 0 heterocycles. The first-order valence-electron chi connectivity index (χ1n) is 5.85. The Labute approximate surface area is 112 Å². The molecular formula is C13H20BrNO2. The lowest BCUT2D eigenvalue weighted by molar-refractivity contribution is 0.0695. The molecule has 0 aliphatic heterocycles. The Hall–Kier alpha value is -0.420. The molecule has 3 nitrogen and oxygen atoms in total. The predicted octanol–water partition coefficient (Wildman–Crippen LogP) is 2.59. The minimum Gasteiger partial charge on any atom is -0.382 e. The molecule has 0 saturated heterocycles. The molecule has 0 fully saturated rings. The van der Waals surface area contributed by atoms with Crippen molar-refractivity contribution in [2.24, 2.45) is 0 Å². The van der Waals surface area contributed by atoms with Crippen molar-refractivity contribution in [1.29, 1.82) is 0 Å². The minimum atomic E-state index is 0.673. The molecular weight excluding hydrogens is 282 g/mol. The zero-order valence-electron chi connectivity index (χ0n) is 10.2. The van der Waals surface area contributed by atoms with E-state index in [0.29, 0.717) is 13.2 Å². The first-order chi connectivity index (χ1) is 8.33. The van der Waals surface area contributed by atoms with Gasteiger partial charge in [0.2, 0.25) is 0 Å². The van der Waals surface area contributed by atoms with Gasteiger partial charge < -0.3 is 14.8 Å². The van der Waals surface area contributed by atoms with Crippen molar-refractivity contribution in [2.75, 3.05) is 33.5 Å². The summed E-state index contributed by atoms with van der Waals surface area (Å²) in [5.74, 6) is 0. The SMILES string of the molecule is COCCOCCCNCc1ccc(Br)cc1. The third-order valence-electron chi connectivity index (χ3n) is 2.32. The fraction of sp³-hybridized carbons (Fsp3) is 0.538. The number of hydrogen-bond donors (Lipinski definition) is 1. The maximum Gasteiger partial charge on any atom is 0.0700 e. The lowest BCUT2D eigenvalue weighted by atomic mass is 10.2. The van der Waals surface area contributed by atoms with Crippen molar-refractivity contribution in [3.63, 3.8) is 0 Å². The van der Waals surface area contributed by atoms with E-state index in [0.717, 1.165) is 30.6 Å². The summed E-state index contributed by atoms with van der Waals surface area (Å²) in [5.41, 5.74) is 1.30. The maximum atomic E-state index is 5.37. The molecule has 0 atom stereocenters. The molecule has 0 amide bonds. The number of halogens is 1. The summed E-state index contributed by atoms with van der Waals surface area (Å²) in [6, 6.07) is 8.36. The standard InChI is InChI=1S/C13H20BrNO2/c1-16-9-10-17-8-2-7-15-11-12-3-5-13(14)6-4-12/h3-6,15H,2,7-11H2,1H3. The van der Waals surface area contributed by atoms with Crippen LogP contribution in [-0.4, -0.2) is 33.5 Å². The molecule has 17 heavy (non-hydrogen) atoms. The van der Waals surface area contributed by atoms with Gasteiger partial charge in [0.1, 0.15) is 0 Å². The van der Waals surface area contributed by atoms with Gasteiger partial charge in [-0.15, -0.1) is 0 Å². The summed E-state index contributed by atoms with van der Waals surface area (Å²) in [7, 11) is 1.68. The monoisotopic (exact) mass is 301 g/mol. The minimum absolute atomic E-state index is 0.673. The smallest absolute Gasteiger partial charge is 0.0700 e. The predicted molar refractivity (Wildman–Crippen MR) is 73.2 cm³/mol. The molecule has 0 saturated carbocycles. The zero-order chi connectivity index (χ0) is 12.3. The Balaban J connectivity index is 1.95. The lowest BCUT2D eigenvalue weighted by Gasteiger charge is -2.06. The first kappa shape index (κ1) is 14.6. The van der Waals surface area contributed by atoms with Crippen LogP contribution in [0, 0.1) is 0 Å². The Kier molecular flexibility index (Phi) is 8.26. The summed E-state index contributed by atoms with van der Waals surface area (Å²) in [6.07, 6.45) is 1.03. The van der Waals surface area contributed by atoms with Crippen molar-refractivity contribution in [2.45, 2.75) is 13.0 Å². The molecule has 1 aromatic rings. The average Bonchev–Trinajstić information content (AvgIpc) is 2.35. The van der Waals surface area contributed by atoms with Gasteiger partial charge in [0.15, 0.2) is 0 Å². The van der Waals surface area contributed by atoms with Crippen LogP contribution in [0.15, 0.2) is 28.7 Å². The van der Waals surface area contributed by atoms with Crippen molar-refractivity contribution in [3.8, 4) is 0 Å². The number of ether oxygens (including phenoxy) is 2. The molecule has 0 aliphatic rings. The number of nitrogens with one attached hydrogen (secondary N) is 1. The van der Waals surface area contributed by atoms with Crippen molar-refractivity contribution >= 4 is 15.9 Å². The molecule has 96 valence electrons. The van der Waals surface area contributed by atoms with Gasteiger partial charge >= 0.3 is 0 Å². The van der Waals surface area contributed by atoms with Crippen LogP contribution in [0.2, 0.25) is 0 Å². The highest BCUT2D eigenvalue weighted by molar-refractivity contribution is 9.10. The summed E-state index contributed by atoms with van der Waals surface area (Å²) in [4.78, 5) is 0. The second kappa shape index (κ2) is 9.59. The van der Waals surface area contributed by atoms with Crippen molar-refractivity contribution in [3.05, 3.63) is 34.3 Å². The van der Waals surface area contributed by atoms with E-state index in [-0.39, 0.29) is 0 Å². The maximum absolute atomic E-state index is 5.37. The van der Waals surface area contributed by atoms with Crippen LogP contribution in [-0.2, 0) is 16.0 Å². The molecule has 1 rings (SSSR count). The Morgan fingerprint density at radius 1 is 1.12 bits per heavy atom. The van der Waals surface area contributed by atoms with E-state index >= 15 is 0 Å². The second-order valence-corrected chi connectivity index (χ2v) is 4.68. The number of methoxy groups -OCH3 is 1. The van der Waals surface area contributed by atoms with E-state index in [2.05, 4.69) is 45.5 Å². The van der Waals surface area contributed by atoms with Gasteiger partial charge in [-0.25, -0.2) is 0 Å². The molecule has 1 N–H and O–H groups in total. The zero-order valence-corrected chi connectivity index (χ0v) is 11.8. The fourth-order valence-corrected chi connectivity index (χ4v) is 1.64. The third-order valence-corrected chi connectivity index (χ3v) is 2.85. The molecule has 0 aromatic heterocycles. The molecule has 4 heteroatoms. The van der Waals surface area contributed by atoms with E-state index in [1.165, 1.54) is 5.56 Å². The highest BCUT2D eigenvalue weighted by atomic mass is 79.9. The van der Waals surface area contributed by atoms with Gasteiger partial charge in [-0.3, -0.25) is 0 Å². The topological polar surface area (TPSA) is 30.5 Å². The van der Waals surface area contributed by atoms with E-state index in [4.69, 9.17) is 9.47 Å². The molecule has 0 unspecified atom stereocenters. The summed E-state index contributed by atoms with van der Waals surface area (Å²) < 4.78 is 11.4. The molecule has 0 radical (unpaired) electrons. The quantitative estimate of drug-likeness (QED) is 0.711. The van der Waals surface area contributed by atoms with Crippen LogP contribution >= 0.6 is 15.9 Å². The van der Waals surface area contributed by atoms with Crippen LogP contribution in [0.25, 0.3) is 0 Å². The number of rotatable bonds is 9. The van der Waals surface area contributed by atoms with Gasteiger partial charge in [-0.05, 0) is 30.7 Å². The van der Waals surface area contributed by atoms with Crippen molar-refractivity contribution < 1.29 is 9.47 Å². The van der Waals surface area contributed by atoms with E-state index in [1.807, 2.05) is 0 Å². The Morgan fingerprint density at radius 2 is 1.88 bits per heavy atom. The summed E-state index contributed by atoms with van der Waals surface area (Å²) in [6.45, 7) is 4.03. The third kappa shape index (κ3) is 7.49. The summed E-state index contributed by atoms with van der Waals surface area (Å²) in [5, 5.41) is 3.39. The molecule has 0 bridgehead atoms. The van der Waals surface area contributed by atoms with Gasteiger partial charge in [0.05, 0.1) is 13.2 Å². The van der Waals surface area contributed by atoms with E-state index < -0.39 is 0 Å². The van der Waals surface area contributed by atoms with E-state index in [9.17, 15) is 0 Å². The Morgan fingerprint density at radius 3 is 2.59 bits per heavy atom. The fourth-order valence-electron chi connectivity index (χ4n) is 1.38. The van der Waals surface area contributed by atoms with Gasteiger partial charge in [0, 0.05) is 24.7 Å². The number of benzene rings is 1. The largest absolute Gasteiger partial charge is 0.382 e. The Bertz CT molecular complexity index is 290. The van der Waals surface area contributed by atoms with Crippen LogP contribution in [0.4, 0.5) is 0 Å². The second-order valence-electron chi connectivity index (χ2n) is 3.76. The van der Waals surface area contributed by atoms with Crippen LogP contribution in [0.5, 0.6) is 0 Å². The molecule has 0 spiro atoms. The van der Waals surface area contributed by atoms with Gasteiger partial charge in [-0.1, -0.05) is 28.1 Å². The average molecular weight is 302 g/mol. The van der Waals surface area contributed by atoms with Crippen molar-refractivity contribution in [1.82, 2.24) is 5.32 Å². The molecule has 1 aromatic carbocycles. The molecule has 0 aliphatic carbocycles. The summed E-state index contributed by atoms with van der Waals surface area (Å²) >= 11 is 3.42. The highest BCUT2D eigenvalue weighted by Crippen LogP contribution is 2.09. The van der Waals surface area contributed by atoms with Crippen LogP contribution in [0.1, 0.15) is 12.0 Å². The highest BCUT2D eigenvalue weighted by Gasteiger charge is 1.93. The number of hydrogen-bond acceptors (Lipinski definition) is 3. The normalized spacial score (nSPS) is 10.7. The van der Waals surface area contributed by atoms with Gasteiger partial charge in [-0.2, -0.15) is 0 Å². The van der Waals surface area contributed by atoms with Gasteiger partial charge in [0.25, 0.3) is 0 Å². The lowest BCUT2D eigenvalue weighted by Crippen LogP contribution is -2.16. The van der Waals surface area contributed by atoms with Crippen LogP contribution < -0.4 is 5.32 Å².